The second kappa shape index (κ2) is 5.82. The van der Waals surface area contributed by atoms with Crippen molar-refractivity contribution in [3.8, 4) is 0 Å². The molecule has 0 aliphatic rings. The number of nitrogens with zero attached hydrogens (tertiary/aromatic N) is 2. The summed E-state index contributed by atoms with van der Waals surface area (Å²) < 4.78 is 2.09. The van der Waals surface area contributed by atoms with Crippen LogP contribution < -0.4 is 5.32 Å². The molecule has 3 heteroatoms. The van der Waals surface area contributed by atoms with E-state index in [0.717, 1.165) is 19.5 Å². The highest BCUT2D eigenvalue weighted by Crippen LogP contribution is 2.12. The maximum Gasteiger partial charge on any atom is 0.0682 e. The first-order valence-corrected chi connectivity index (χ1v) is 6.45. The standard InChI is InChI=1S/C14H21N3/c1-3-12(2)15-9-6-10-17-14-8-5-4-7-13(14)11-16-17/h4-5,7-8,11-12,15H,3,6,9-10H2,1-2H3/t12-/m1/s1. The van der Waals surface area contributed by atoms with E-state index in [4.69, 9.17) is 0 Å². The van der Waals surface area contributed by atoms with Gasteiger partial charge in [0.2, 0.25) is 0 Å². The molecule has 3 nitrogen and oxygen atoms in total. The van der Waals surface area contributed by atoms with E-state index in [-0.39, 0.29) is 0 Å². The van der Waals surface area contributed by atoms with Gasteiger partial charge in [0.05, 0.1) is 11.7 Å². The second-order valence-electron chi connectivity index (χ2n) is 4.54. The SMILES string of the molecule is CC[C@@H](C)NCCCn1ncc2ccccc21. The van der Waals surface area contributed by atoms with Crippen molar-refractivity contribution in [2.75, 3.05) is 6.54 Å². The lowest BCUT2D eigenvalue weighted by Gasteiger charge is -2.11. The first kappa shape index (κ1) is 12.1. The van der Waals surface area contributed by atoms with Gasteiger partial charge in [0.25, 0.3) is 0 Å². The van der Waals surface area contributed by atoms with Gasteiger partial charge in [-0.05, 0) is 32.4 Å². The van der Waals surface area contributed by atoms with Crippen molar-refractivity contribution in [2.24, 2.45) is 0 Å². The summed E-state index contributed by atoms with van der Waals surface area (Å²) in [6.07, 6.45) is 4.25. The molecule has 1 N–H and O–H groups in total. The molecule has 2 aromatic rings. The number of fused-ring (bicyclic) bond motifs is 1. The number of aromatic nitrogens is 2. The lowest BCUT2D eigenvalue weighted by molar-refractivity contribution is 0.494. The molecule has 1 atom stereocenters. The van der Waals surface area contributed by atoms with Gasteiger partial charge >= 0.3 is 0 Å². The van der Waals surface area contributed by atoms with Crippen LogP contribution in [0.2, 0.25) is 0 Å². The van der Waals surface area contributed by atoms with Crippen LogP contribution in [0.3, 0.4) is 0 Å². The summed E-state index contributed by atoms with van der Waals surface area (Å²) >= 11 is 0. The van der Waals surface area contributed by atoms with Gasteiger partial charge in [0.15, 0.2) is 0 Å². The molecule has 0 fully saturated rings. The monoisotopic (exact) mass is 231 g/mol. The zero-order valence-electron chi connectivity index (χ0n) is 10.7. The molecular formula is C14H21N3. The van der Waals surface area contributed by atoms with Gasteiger partial charge in [-0.25, -0.2) is 0 Å². The summed E-state index contributed by atoms with van der Waals surface area (Å²) in [5, 5.41) is 9.15. The van der Waals surface area contributed by atoms with E-state index in [0.29, 0.717) is 6.04 Å². The predicted octanol–water partition coefficient (Wildman–Crippen LogP) is 2.81. The average molecular weight is 231 g/mol. The number of para-hydroxylation sites is 1. The van der Waals surface area contributed by atoms with Crippen LogP contribution in [-0.2, 0) is 6.54 Å². The largest absolute Gasteiger partial charge is 0.314 e. The van der Waals surface area contributed by atoms with E-state index in [2.05, 4.69) is 53.2 Å². The first-order chi connectivity index (χ1) is 8.31. The molecule has 1 aromatic heterocycles. The normalized spacial score (nSPS) is 13.1. The molecule has 0 saturated carbocycles. The van der Waals surface area contributed by atoms with Crippen LogP contribution in [0.15, 0.2) is 30.5 Å². The van der Waals surface area contributed by atoms with Crippen molar-refractivity contribution in [2.45, 2.75) is 39.3 Å². The van der Waals surface area contributed by atoms with Gasteiger partial charge < -0.3 is 5.32 Å². The molecule has 17 heavy (non-hydrogen) atoms. The van der Waals surface area contributed by atoms with E-state index in [1.807, 2.05) is 6.20 Å². The Hall–Kier alpha value is -1.35. The Kier molecular flexibility index (Phi) is 4.15. The van der Waals surface area contributed by atoms with Crippen molar-refractivity contribution in [3.05, 3.63) is 30.5 Å². The molecule has 0 bridgehead atoms. The molecule has 1 heterocycles. The van der Waals surface area contributed by atoms with E-state index in [1.165, 1.54) is 17.3 Å². The molecule has 0 radical (unpaired) electrons. The summed E-state index contributed by atoms with van der Waals surface area (Å²) in [5.74, 6) is 0. The molecule has 0 amide bonds. The highest BCUT2D eigenvalue weighted by atomic mass is 15.3. The third-order valence-electron chi connectivity index (χ3n) is 3.20. The summed E-state index contributed by atoms with van der Waals surface area (Å²) in [6, 6.07) is 8.97. The number of aryl methyl sites for hydroxylation is 1. The molecule has 0 saturated heterocycles. The lowest BCUT2D eigenvalue weighted by Crippen LogP contribution is -2.26. The van der Waals surface area contributed by atoms with Crippen LogP contribution in [0.4, 0.5) is 0 Å². The summed E-state index contributed by atoms with van der Waals surface area (Å²) in [6.45, 7) is 6.47. The van der Waals surface area contributed by atoms with Crippen LogP contribution in [0, 0.1) is 0 Å². The predicted molar refractivity (Wildman–Crippen MR) is 72.1 cm³/mol. The Morgan fingerprint density at radius 3 is 3.00 bits per heavy atom. The molecule has 0 spiro atoms. The molecule has 0 aliphatic heterocycles. The number of rotatable bonds is 6. The van der Waals surface area contributed by atoms with Crippen LogP contribution in [0.25, 0.3) is 10.9 Å². The minimum absolute atomic E-state index is 0.615. The van der Waals surface area contributed by atoms with Gasteiger partial charge in [-0.3, -0.25) is 4.68 Å². The fourth-order valence-corrected chi connectivity index (χ4v) is 1.93. The Morgan fingerprint density at radius 2 is 2.18 bits per heavy atom. The zero-order chi connectivity index (χ0) is 12.1. The average Bonchev–Trinajstić information content (AvgIpc) is 2.78. The van der Waals surface area contributed by atoms with E-state index >= 15 is 0 Å². The van der Waals surface area contributed by atoms with Gasteiger partial charge in [0.1, 0.15) is 0 Å². The highest BCUT2D eigenvalue weighted by Gasteiger charge is 2.01. The van der Waals surface area contributed by atoms with Gasteiger partial charge in [-0.1, -0.05) is 25.1 Å². The fraction of sp³-hybridized carbons (Fsp3) is 0.500. The lowest BCUT2D eigenvalue weighted by atomic mass is 10.2. The summed E-state index contributed by atoms with van der Waals surface area (Å²) in [7, 11) is 0. The maximum absolute atomic E-state index is 4.42. The quantitative estimate of drug-likeness (QED) is 0.775. The van der Waals surface area contributed by atoms with E-state index in [9.17, 15) is 0 Å². The zero-order valence-corrected chi connectivity index (χ0v) is 10.7. The Balaban J connectivity index is 1.87. The van der Waals surface area contributed by atoms with Crippen molar-refractivity contribution in [1.82, 2.24) is 15.1 Å². The Morgan fingerprint density at radius 1 is 1.35 bits per heavy atom. The topological polar surface area (TPSA) is 29.9 Å². The van der Waals surface area contributed by atoms with Gasteiger partial charge in [-0.15, -0.1) is 0 Å². The molecular weight excluding hydrogens is 210 g/mol. The number of hydrogen-bond donors (Lipinski definition) is 1. The Bertz CT molecular complexity index is 461. The fourth-order valence-electron chi connectivity index (χ4n) is 1.93. The number of hydrogen-bond acceptors (Lipinski definition) is 2. The summed E-state index contributed by atoms with van der Waals surface area (Å²) in [4.78, 5) is 0. The van der Waals surface area contributed by atoms with E-state index < -0.39 is 0 Å². The van der Waals surface area contributed by atoms with Crippen molar-refractivity contribution in [1.29, 1.82) is 0 Å². The minimum atomic E-state index is 0.615. The molecule has 1 aromatic carbocycles. The molecule has 0 aliphatic carbocycles. The molecule has 0 unspecified atom stereocenters. The van der Waals surface area contributed by atoms with Crippen molar-refractivity contribution < 1.29 is 0 Å². The smallest absolute Gasteiger partial charge is 0.0682 e. The van der Waals surface area contributed by atoms with Gasteiger partial charge in [-0.2, -0.15) is 5.10 Å². The Labute approximate surface area is 103 Å². The van der Waals surface area contributed by atoms with Crippen molar-refractivity contribution in [3.63, 3.8) is 0 Å². The highest BCUT2D eigenvalue weighted by molar-refractivity contribution is 5.78. The second-order valence-corrected chi connectivity index (χ2v) is 4.54. The molecule has 92 valence electrons. The van der Waals surface area contributed by atoms with Crippen LogP contribution in [-0.4, -0.2) is 22.4 Å². The van der Waals surface area contributed by atoms with Crippen LogP contribution in [0.5, 0.6) is 0 Å². The maximum atomic E-state index is 4.42. The number of benzene rings is 1. The van der Waals surface area contributed by atoms with E-state index in [1.54, 1.807) is 0 Å². The minimum Gasteiger partial charge on any atom is -0.314 e. The van der Waals surface area contributed by atoms with Crippen molar-refractivity contribution >= 4 is 10.9 Å². The van der Waals surface area contributed by atoms with Gasteiger partial charge in [0, 0.05) is 18.0 Å². The summed E-state index contributed by atoms with van der Waals surface area (Å²) in [5.41, 5.74) is 1.23. The third-order valence-corrected chi connectivity index (χ3v) is 3.20. The van der Waals surface area contributed by atoms with Crippen LogP contribution in [0.1, 0.15) is 26.7 Å². The first-order valence-electron chi connectivity index (χ1n) is 6.45. The number of nitrogens with one attached hydrogen (secondary N) is 1. The third kappa shape index (κ3) is 3.07. The molecule has 2 rings (SSSR count). The van der Waals surface area contributed by atoms with Crippen LogP contribution >= 0.6 is 0 Å².